The molecule has 2 aromatic heterocycles. The van der Waals surface area contributed by atoms with Crippen LogP contribution in [0.1, 0.15) is 107 Å². The number of methoxy groups -OCH3 is 1. The van der Waals surface area contributed by atoms with Crippen LogP contribution in [0.5, 0.6) is 0 Å². The van der Waals surface area contributed by atoms with E-state index in [1.54, 1.807) is 22.2 Å². The molecule has 0 unspecified atom stereocenters. The van der Waals surface area contributed by atoms with Crippen LogP contribution >= 0.6 is 0 Å². The summed E-state index contributed by atoms with van der Waals surface area (Å²) in [4.78, 5) is 65.8. The number of aromatic nitrogens is 4. The number of carbonyl (C=O) groups is 4. The van der Waals surface area contributed by atoms with Gasteiger partial charge < -0.3 is 35.1 Å². The molecule has 0 aliphatic carbocycles. The second kappa shape index (κ2) is 34.4. The van der Waals surface area contributed by atoms with E-state index in [0.29, 0.717) is 44.2 Å². The number of carbonyl (C=O) groups excluding carboxylic acids is 4. The molecule has 0 spiro atoms. The number of terminal acetylenes is 1. The summed E-state index contributed by atoms with van der Waals surface area (Å²) in [5, 5.41) is 4.85. The van der Waals surface area contributed by atoms with E-state index in [1.807, 2.05) is 90.1 Å². The lowest BCUT2D eigenvalue weighted by atomic mass is 10.0. The van der Waals surface area contributed by atoms with Crippen LogP contribution in [0.3, 0.4) is 0 Å². The highest BCUT2D eigenvalue weighted by Crippen LogP contribution is 2.27. The van der Waals surface area contributed by atoms with Crippen LogP contribution in [0, 0.1) is 12.8 Å². The third-order valence-corrected chi connectivity index (χ3v) is 7.26. The minimum atomic E-state index is -0.650. The van der Waals surface area contributed by atoms with Gasteiger partial charge in [-0.3, -0.25) is 14.4 Å². The molecule has 320 valence electrons. The van der Waals surface area contributed by atoms with Crippen molar-refractivity contribution < 1.29 is 23.9 Å². The fourth-order valence-corrected chi connectivity index (χ4v) is 4.92. The van der Waals surface area contributed by atoms with E-state index in [-0.39, 0.29) is 24.9 Å². The summed E-state index contributed by atoms with van der Waals surface area (Å²) in [6.07, 6.45) is 15.4. The van der Waals surface area contributed by atoms with Crippen LogP contribution < -0.4 is 10.6 Å². The molecule has 0 aliphatic heterocycles. The van der Waals surface area contributed by atoms with Crippen molar-refractivity contribution in [2.24, 2.45) is 0 Å². The van der Waals surface area contributed by atoms with Crippen molar-refractivity contribution in [1.29, 1.82) is 0 Å². The number of alkyl carbamates (subject to hydrolysis) is 1. The number of ether oxygens (including phenoxy) is 1. The number of benzene rings is 2. The fourth-order valence-electron chi connectivity index (χ4n) is 4.92. The third-order valence-electron chi connectivity index (χ3n) is 7.26. The van der Waals surface area contributed by atoms with Crippen LogP contribution in [-0.2, 0) is 32.2 Å². The maximum absolute atomic E-state index is 12.6. The maximum atomic E-state index is 12.6. The molecule has 0 atom stereocenters. The lowest BCUT2D eigenvalue weighted by Gasteiger charge is -2.21. The van der Waals surface area contributed by atoms with Crippen molar-refractivity contribution in [3.63, 3.8) is 0 Å². The molecular formula is C45H70N8O5. The van der Waals surface area contributed by atoms with Crippen LogP contribution in [0.4, 0.5) is 4.79 Å². The molecule has 13 heteroatoms. The summed E-state index contributed by atoms with van der Waals surface area (Å²) < 4.78 is 4.54. The summed E-state index contributed by atoms with van der Waals surface area (Å²) in [5.41, 5.74) is 5.72. The second-order valence-corrected chi connectivity index (χ2v) is 12.0. The normalized spacial score (nSPS) is 9.33. The standard InChI is InChI=1S/C33H40N8O5.2C3H8.2C2H6.C2H2/c1-4-14-40(31(43)18-34-22-42)20-29-35-16-27(38-29)25-10-6-23(7-11-25)24-8-12-26(13-9-24)28-17-36-30(39-28)21-41(15-5-2)32(44)19-37-33(45)46-3;2*1-3-2;3*1-2/h6-13,16-17,22H,4-5,14-15,18-21H2,1-3H3,(H,34,42)(H,35,38)(H,36,39)(H,37,45);2*3H2,1-2H3;2*1-2H3;1-2H. The molecule has 4 amide bonds. The minimum absolute atomic E-state index is 0.0403. The van der Waals surface area contributed by atoms with Gasteiger partial charge in [0.25, 0.3) is 0 Å². The molecule has 0 saturated heterocycles. The Morgan fingerprint density at radius 1 is 0.655 bits per heavy atom. The number of hydrogen-bond donors (Lipinski definition) is 4. The van der Waals surface area contributed by atoms with Crippen molar-refractivity contribution in [3.05, 3.63) is 72.6 Å². The summed E-state index contributed by atoms with van der Waals surface area (Å²) in [6.45, 7) is 22.0. The molecule has 2 aromatic carbocycles. The molecule has 0 bridgehead atoms. The number of rotatable bonds is 16. The van der Waals surface area contributed by atoms with Gasteiger partial charge in [-0.15, -0.1) is 12.8 Å². The molecule has 58 heavy (non-hydrogen) atoms. The Morgan fingerprint density at radius 3 is 1.33 bits per heavy atom. The fraction of sp³-hybridized carbons (Fsp3) is 0.467. The largest absolute Gasteiger partial charge is 0.453 e. The number of nitrogens with one attached hydrogen (secondary N) is 4. The van der Waals surface area contributed by atoms with Gasteiger partial charge in [0.1, 0.15) is 18.2 Å². The first kappa shape index (κ1) is 54.2. The summed E-state index contributed by atoms with van der Waals surface area (Å²) in [6, 6.07) is 16.3. The molecule has 2 heterocycles. The minimum Gasteiger partial charge on any atom is -0.453 e. The highest BCUT2D eigenvalue weighted by atomic mass is 16.5. The van der Waals surface area contributed by atoms with E-state index < -0.39 is 6.09 Å². The van der Waals surface area contributed by atoms with Gasteiger partial charge >= 0.3 is 6.09 Å². The second-order valence-electron chi connectivity index (χ2n) is 12.0. The average Bonchev–Trinajstić information content (AvgIpc) is 3.94. The molecular weight excluding hydrogens is 733 g/mol. The molecule has 4 aromatic rings. The van der Waals surface area contributed by atoms with Crippen LogP contribution in [0.2, 0.25) is 0 Å². The van der Waals surface area contributed by atoms with Crippen molar-refractivity contribution in [1.82, 2.24) is 40.4 Å². The summed E-state index contributed by atoms with van der Waals surface area (Å²) in [7, 11) is 1.25. The smallest absolute Gasteiger partial charge is 0.407 e. The highest BCUT2D eigenvalue weighted by Gasteiger charge is 2.17. The van der Waals surface area contributed by atoms with Gasteiger partial charge in [-0.25, -0.2) is 14.8 Å². The Balaban J connectivity index is 0. The molecule has 13 nitrogen and oxygen atoms in total. The van der Waals surface area contributed by atoms with Crippen molar-refractivity contribution >= 4 is 24.3 Å². The molecule has 0 radical (unpaired) electrons. The summed E-state index contributed by atoms with van der Waals surface area (Å²) in [5.74, 6) is 0.942. The SMILES string of the molecule is C#C.CC.CC.CCC.CCC.CCCN(Cc1ncc(-c2ccc(-c3ccc(-c4cnc(CN(CCC)C(=O)CNC(=O)OC)[nH]4)cc3)cc2)[nH]1)C(=O)CNC=O. The topological polar surface area (TPSA) is 165 Å². The van der Waals surface area contributed by atoms with E-state index >= 15 is 0 Å². The number of hydrogen-bond acceptors (Lipinski definition) is 7. The number of amides is 4. The number of H-pyrrole nitrogens is 2. The van der Waals surface area contributed by atoms with Gasteiger partial charge in [0, 0.05) is 13.1 Å². The van der Waals surface area contributed by atoms with Gasteiger partial charge in [0.2, 0.25) is 18.2 Å². The molecule has 4 rings (SSSR count). The zero-order chi connectivity index (χ0) is 44.3. The quantitative estimate of drug-likeness (QED) is 0.0649. The van der Waals surface area contributed by atoms with E-state index in [9.17, 15) is 19.2 Å². The van der Waals surface area contributed by atoms with Crippen LogP contribution in [-0.4, -0.2) is 87.3 Å². The van der Waals surface area contributed by atoms with Gasteiger partial charge in [-0.1, -0.05) is 131 Å². The summed E-state index contributed by atoms with van der Waals surface area (Å²) >= 11 is 0. The lowest BCUT2D eigenvalue weighted by Crippen LogP contribution is -2.40. The Bertz CT molecular complexity index is 1680. The van der Waals surface area contributed by atoms with Crippen molar-refractivity contribution in [2.75, 3.05) is 33.3 Å². The number of nitrogens with zero attached hydrogens (tertiary/aromatic N) is 4. The Kier molecular flexibility index (Phi) is 32.1. The molecule has 0 saturated carbocycles. The zero-order valence-corrected chi connectivity index (χ0v) is 36.9. The van der Waals surface area contributed by atoms with Gasteiger partial charge in [-0.05, 0) is 35.1 Å². The molecule has 4 N–H and O–H groups in total. The third kappa shape index (κ3) is 20.3. The van der Waals surface area contributed by atoms with Crippen molar-refractivity contribution in [3.8, 4) is 46.5 Å². The van der Waals surface area contributed by atoms with Crippen LogP contribution in [0.15, 0.2) is 60.9 Å². The average molecular weight is 803 g/mol. The molecule has 0 aliphatic rings. The predicted octanol–water partition coefficient (Wildman–Crippen LogP) is 8.85. The van der Waals surface area contributed by atoms with E-state index in [2.05, 4.69) is 75.8 Å². The Labute approximate surface area is 348 Å². The van der Waals surface area contributed by atoms with E-state index in [0.717, 1.165) is 46.5 Å². The highest BCUT2D eigenvalue weighted by molar-refractivity contribution is 5.82. The van der Waals surface area contributed by atoms with E-state index in [4.69, 9.17) is 0 Å². The van der Waals surface area contributed by atoms with Gasteiger partial charge in [-0.2, -0.15) is 0 Å². The predicted molar refractivity (Wildman–Crippen MR) is 237 cm³/mol. The first-order valence-corrected chi connectivity index (χ1v) is 20.3. The monoisotopic (exact) mass is 803 g/mol. The maximum Gasteiger partial charge on any atom is 0.407 e. The number of imidazole rings is 2. The first-order chi connectivity index (χ1) is 28.2. The van der Waals surface area contributed by atoms with Crippen molar-refractivity contribution in [2.45, 2.75) is 108 Å². The van der Waals surface area contributed by atoms with Gasteiger partial charge in [0.05, 0.1) is 50.5 Å². The zero-order valence-electron chi connectivity index (χ0n) is 36.9. The Hall–Kier alpha value is -5.90. The van der Waals surface area contributed by atoms with Crippen LogP contribution in [0.25, 0.3) is 33.6 Å². The molecule has 0 fully saturated rings. The first-order valence-electron chi connectivity index (χ1n) is 20.3. The van der Waals surface area contributed by atoms with E-state index in [1.165, 1.54) is 20.0 Å². The Morgan fingerprint density at radius 2 is 1.00 bits per heavy atom. The number of aromatic amines is 2. The lowest BCUT2D eigenvalue weighted by molar-refractivity contribution is -0.132. The van der Waals surface area contributed by atoms with Gasteiger partial charge in [0.15, 0.2) is 0 Å².